The van der Waals surface area contributed by atoms with Gasteiger partial charge in [0.1, 0.15) is 6.04 Å². The maximum atomic E-state index is 11.4. The van der Waals surface area contributed by atoms with Crippen LogP contribution >= 0.6 is 15.9 Å². The number of esters is 1. The molecule has 1 aromatic rings. The van der Waals surface area contributed by atoms with Crippen molar-refractivity contribution in [3.63, 3.8) is 0 Å². The number of hydrogen-bond acceptors (Lipinski definition) is 5. The molecule has 0 fully saturated rings. The van der Waals surface area contributed by atoms with Gasteiger partial charge < -0.3 is 19.5 Å². The summed E-state index contributed by atoms with van der Waals surface area (Å²) < 4.78 is 16.6. The molecule has 1 atom stereocenters. The van der Waals surface area contributed by atoms with Crippen LogP contribution in [0, 0.1) is 0 Å². The zero-order valence-corrected chi connectivity index (χ0v) is 14.5. The van der Waals surface area contributed by atoms with E-state index in [9.17, 15) is 4.79 Å². The van der Waals surface area contributed by atoms with Crippen molar-refractivity contribution in [3.05, 3.63) is 22.2 Å². The predicted octanol–water partition coefficient (Wildman–Crippen LogP) is 2.90. The highest BCUT2D eigenvalue weighted by Gasteiger charge is 2.14. The number of ether oxygens (including phenoxy) is 3. The van der Waals surface area contributed by atoms with E-state index >= 15 is 0 Å². The van der Waals surface area contributed by atoms with Crippen LogP contribution in [0.1, 0.15) is 25.8 Å². The third-order valence-corrected chi connectivity index (χ3v) is 3.50. The van der Waals surface area contributed by atoms with E-state index in [0.29, 0.717) is 24.7 Å². The Balaban J connectivity index is 2.81. The van der Waals surface area contributed by atoms with Crippen molar-refractivity contribution < 1.29 is 19.0 Å². The van der Waals surface area contributed by atoms with Crippen molar-refractivity contribution >= 4 is 21.9 Å². The van der Waals surface area contributed by atoms with E-state index in [1.165, 1.54) is 7.11 Å². The Labute approximate surface area is 134 Å². The van der Waals surface area contributed by atoms with Gasteiger partial charge in [0.05, 0.1) is 25.3 Å². The zero-order chi connectivity index (χ0) is 15.8. The first-order valence-electron chi connectivity index (χ1n) is 6.83. The number of halogens is 1. The summed E-state index contributed by atoms with van der Waals surface area (Å²) in [6.07, 6.45) is 0.926. The van der Waals surface area contributed by atoms with Crippen LogP contribution in [-0.4, -0.2) is 32.8 Å². The summed E-state index contributed by atoms with van der Waals surface area (Å²) in [5, 5.41) is 3.10. The van der Waals surface area contributed by atoms with E-state index in [-0.39, 0.29) is 12.0 Å². The fourth-order valence-electron chi connectivity index (χ4n) is 1.75. The number of nitrogens with one attached hydrogen (secondary N) is 1. The molecule has 6 heteroatoms. The van der Waals surface area contributed by atoms with Crippen LogP contribution in [0.2, 0.25) is 0 Å². The molecule has 0 aliphatic carbocycles. The molecule has 118 valence electrons. The van der Waals surface area contributed by atoms with Crippen LogP contribution in [0.25, 0.3) is 0 Å². The lowest BCUT2D eigenvalue weighted by atomic mass is 10.2. The summed E-state index contributed by atoms with van der Waals surface area (Å²) in [6, 6.07) is 3.48. The second-order valence-corrected chi connectivity index (χ2v) is 5.44. The van der Waals surface area contributed by atoms with E-state index in [1.807, 2.05) is 19.1 Å². The zero-order valence-electron chi connectivity index (χ0n) is 12.9. The highest BCUT2D eigenvalue weighted by atomic mass is 79.9. The van der Waals surface area contributed by atoms with Gasteiger partial charge in [-0.15, -0.1) is 0 Å². The molecule has 0 heterocycles. The minimum absolute atomic E-state index is 0.288. The van der Waals surface area contributed by atoms with Crippen molar-refractivity contribution in [1.82, 2.24) is 5.32 Å². The molecule has 0 spiro atoms. The molecule has 0 amide bonds. The highest BCUT2D eigenvalue weighted by Crippen LogP contribution is 2.36. The lowest BCUT2D eigenvalue weighted by molar-refractivity contribution is -0.142. The molecule has 0 radical (unpaired) electrons. The fraction of sp³-hybridized carbons (Fsp3) is 0.533. The molecular formula is C15H22BrNO4. The monoisotopic (exact) mass is 359 g/mol. The number of carbonyl (C=O) groups excluding carboxylic acids is 1. The minimum Gasteiger partial charge on any atom is -0.493 e. The molecule has 0 saturated carbocycles. The standard InChI is InChI=1S/C15H22BrNO4/c1-5-6-21-14-12(16)7-11(8-13(14)19-3)9-17-10(2)15(18)20-4/h7-8,10,17H,5-6,9H2,1-4H3/t10-/m0/s1. The third-order valence-electron chi connectivity index (χ3n) is 2.91. The van der Waals surface area contributed by atoms with Gasteiger partial charge in [0.2, 0.25) is 0 Å². The maximum Gasteiger partial charge on any atom is 0.322 e. The Morgan fingerprint density at radius 1 is 1.38 bits per heavy atom. The van der Waals surface area contributed by atoms with Gasteiger partial charge in [-0.05, 0) is 47.0 Å². The molecule has 0 aromatic heterocycles. The highest BCUT2D eigenvalue weighted by molar-refractivity contribution is 9.10. The summed E-state index contributed by atoms with van der Waals surface area (Å²) in [4.78, 5) is 11.4. The van der Waals surface area contributed by atoms with Gasteiger partial charge in [0, 0.05) is 6.54 Å². The molecule has 0 unspecified atom stereocenters. The van der Waals surface area contributed by atoms with Crippen molar-refractivity contribution in [3.8, 4) is 11.5 Å². The Morgan fingerprint density at radius 3 is 2.67 bits per heavy atom. The Bertz CT molecular complexity index is 479. The van der Waals surface area contributed by atoms with Crippen molar-refractivity contribution in [1.29, 1.82) is 0 Å². The first-order valence-corrected chi connectivity index (χ1v) is 7.63. The normalized spacial score (nSPS) is 11.9. The Kier molecular flexibility index (Phi) is 7.53. The molecule has 5 nitrogen and oxygen atoms in total. The number of methoxy groups -OCH3 is 2. The molecule has 0 bridgehead atoms. The fourth-order valence-corrected chi connectivity index (χ4v) is 2.35. The summed E-state index contributed by atoms with van der Waals surface area (Å²) in [5.74, 6) is 1.08. The summed E-state index contributed by atoms with van der Waals surface area (Å²) in [7, 11) is 2.98. The molecule has 0 aliphatic rings. The molecule has 1 N–H and O–H groups in total. The summed E-state index contributed by atoms with van der Waals surface area (Å²) in [6.45, 7) is 4.97. The Hall–Kier alpha value is -1.27. The number of benzene rings is 1. The van der Waals surface area contributed by atoms with Gasteiger partial charge in [-0.3, -0.25) is 4.79 Å². The first kappa shape index (κ1) is 17.8. The van der Waals surface area contributed by atoms with E-state index in [2.05, 4.69) is 26.0 Å². The third kappa shape index (κ3) is 5.21. The van der Waals surface area contributed by atoms with Crippen LogP contribution in [0.4, 0.5) is 0 Å². The molecular weight excluding hydrogens is 338 g/mol. The van der Waals surface area contributed by atoms with Crippen molar-refractivity contribution in [2.24, 2.45) is 0 Å². The summed E-state index contributed by atoms with van der Waals surface area (Å²) >= 11 is 3.49. The SMILES string of the molecule is CCCOc1c(Br)cc(CN[C@@H](C)C(=O)OC)cc1OC. The lowest BCUT2D eigenvalue weighted by Crippen LogP contribution is -2.34. The van der Waals surface area contributed by atoms with Gasteiger partial charge in [0.15, 0.2) is 11.5 Å². The van der Waals surface area contributed by atoms with Crippen LogP contribution in [-0.2, 0) is 16.1 Å². The molecule has 0 saturated heterocycles. The van der Waals surface area contributed by atoms with Crippen LogP contribution in [0.15, 0.2) is 16.6 Å². The first-order chi connectivity index (χ1) is 10.0. The number of carbonyl (C=O) groups is 1. The second kappa shape index (κ2) is 8.89. The number of rotatable bonds is 8. The Morgan fingerprint density at radius 2 is 2.10 bits per heavy atom. The summed E-state index contributed by atoms with van der Waals surface area (Å²) in [5.41, 5.74) is 0.985. The molecule has 0 aliphatic heterocycles. The topological polar surface area (TPSA) is 56.8 Å². The van der Waals surface area contributed by atoms with E-state index in [1.54, 1.807) is 14.0 Å². The van der Waals surface area contributed by atoms with Gasteiger partial charge in [-0.25, -0.2) is 0 Å². The largest absolute Gasteiger partial charge is 0.493 e. The van der Waals surface area contributed by atoms with Crippen LogP contribution in [0.3, 0.4) is 0 Å². The second-order valence-electron chi connectivity index (χ2n) is 4.58. The van der Waals surface area contributed by atoms with E-state index in [0.717, 1.165) is 16.5 Å². The molecule has 1 rings (SSSR count). The molecule has 1 aromatic carbocycles. The average molecular weight is 360 g/mol. The maximum absolute atomic E-state index is 11.4. The van der Waals surface area contributed by atoms with Gasteiger partial charge in [0.25, 0.3) is 0 Å². The van der Waals surface area contributed by atoms with E-state index in [4.69, 9.17) is 9.47 Å². The lowest BCUT2D eigenvalue weighted by Gasteiger charge is -2.15. The minimum atomic E-state index is -0.365. The van der Waals surface area contributed by atoms with Crippen LogP contribution < -0.4 is 14.8 Å². The number of hydrogen-bond donors (Lipinski definition) is 1. The van der Waals surface area contributed by atoms with Crippen LogP contribution in [0.5, 0.6) is 11.5 Å². The van der Waals surface area contributed by atoms with E-state index < -0.39 is 0 Å². The van der Waals surface area contributed by atoms with Gasteiger partial charge in [-0.2, -0.15) is 0 Å². The van der Waals surface area contributed by atoms with Gasteiger partial charge >= 0.3 is 5.97 Å². The van der Waals surface area contributed by atoms with Crippen molar-refractivity contribution in [2.75, 3.05) is 20.8 Å². The smallest absolute Gasteiger partial charge is 0.322 e. The average Bonchev–Trinajstić information content (AvgIpc) is 2.50. The molecule has 21 heavy (non-hydrogen) atoms. The predicted molar refractivity (Wildman–Crippen MR) is 84.8 cm³/mol. The van der Waals surface area contributed by atoms with Gasteiger partial charge in [-0.1, -0.05) is 6.92 Å². The quantitative estimate of drug-likeness (QED) is 0.723. The van der Waals surface area contributed by atoms with Crippen molar-refractivity contribution in [2.45, 2.75) is 32.9 Å².